The van der Waals surface area contributed by atoms with Gasteiger partial charge in [-0.3, -0.25) is 14.5 Å². The van der Waals surface area contributed by atoms with Gasteiger partial charge in [-0.1, -0.05) is 24.3 Å². The molecule has 1 N–H and O–H groups in total. The van der Waals surface area contributed by atoms with Gasteiger partial charge < -0.3 is 10.2 Å². The lowest BCUT2D eigenvalue weighted by molar-refractivity contribution is -0.114. The van der Waals surface area contributed by atoms with E-state index in [2.05, 4.69) is 31.6 Å². The summed E-state index contributed by atoms with van der Waals surface area (Å²) in [6, 6.07) is 12.1. The largest absolute Gasteiger partial charge is 0.353 e. The molecule has 2 heterocycles. The molecule has 4 rings (SSSR count). The average molecular weight is 459 g/mol. The number of rotatable bonds is 5. The van der Waals surface area contributed by atoms with Gasteiger partial charge in [0.05, 0.1) is 11.2 Å². The van der Waals surface area contributed by atoms with Crippen molar-refractivity contribution in [3.8, 4) is 0 Å². The maximum atomic E-state index is 13.0. The average Bonchev–Trinajstić information content (AvgIpc) is 3.15. The fourth-order valence-corrected chi connectivity index (χ4v) is 4.82. The quantitative estimate of drug-likeness (QED) is 0.577. The van der Waals surface area contributed by atoms with Crippen molar-refractivity contribution in [1.29, 1.82) is 0 Å². The van der Waals surface area contributed by atoms with Gasteiger partial charge in [-0.25, -0.2) is 0 Å². The number of benzene rings is 2. The van der Waals surface area contributed by atoms with Gasteiger partial charge in [0.15, 0.2) is 5.78 Å². The molecule has 6 nitrogen and oxygen atoms in total. The number of Topliss-reactive ketones (excluding diaryl/α,β-unsaturated/α-hetero) is 1. The number of aryl methyl sites for hydroxylation is 1. The summed E-state index contributed by atoms with van der Waals surface area (Å²) in [5.74, 6) is 1.01. The van der Waals surface area contributed by atoms with Crippen molar-refractivity contribution in [2.24, 2.45) is 0 Å². The predicted octanol–water partition coefficient (Wildman–Crippen LogP) is 4.30. The first-order valence-corrected chi connectivity index (χ1v) is 10.9. The number of hydrogen-bond donors (Lipinski definition) is 1. The van der Waals surface area contributed by atoms with Crippen LogP contribution in [0.4, 0.5) is 11.5 Å². The minimum atomic E-state index is -0.128. The van der Waals surface area contributed by atoms with Crippen LogP contribution in [0.15, 0.2) is 36.4 Å². The molecular weight excluding hydrogens is 432 g/mol. The summed E-state index contributed by atoms with van der Waals surface area (Å²) in [6.07, 6.45) is 0. The van der Waals surface area contributed by atoms with E-state index < -0.39 is 0 Å². The molecule has 0 aliphatic carbocycles. The Morgan fingerprint density at radius 2 is 1.77 bits per heavy atom. The molecule has 1 fully saturated rings. The summed E-state index contributed by atoms with van der Waals surface area (Å²) < 4.78 is 5.86. The maximum absolute atomic E-state index is 13.0. The van der Waals surface area contributed by atoms with Gasteiger partial charge in [-0.15, -0.1) is 12.4 Å². The van der Waals surface area contributed by atoms with E-state index in [1.165, 1.54) is 28.5 Å². The molecule has 0 spiro atoms. The highest BCUT2D eigenvalue weighted by Crippen LogP contribution is 2.30. The van der Waals surface area contributed by atoms with E-state index in [1.807, 2.05) is 38.1 Å². The van der Waals surface area contributed by atoms with Gasteiger partial charge in [-0.05, 0) is 48.6 Å². The number of carbonyl (C=O) groups is 2. The van der Waals surface area contributed by atoms with Gasteiger partial charge in [-0.2, -0.15) is 4.37 Å². The number of halogens is 1. The van der Waals surface area contributed by atoms with Crippen LogP contribution in [0.1, 0.15) is 28.4 Å². The molecule has 1 saturated heterocycles. The number of hydrogen-bond acceptors (Lipinski definition) is 6. The lowest BCUT2D eigenvalue weighted by atomic mass is 9.99. The van der Waals surface area contributed by atoms with Crippen LogP contribution in [0.5, 0.6) is 0 Å². The van der Waals surface area contributed by atoms with Crippen LogP contribution in [-0.2, 0) is 4.79 Å². The van der Waals surface area contributed by atoms with Crippen molar-refractivity contribution in [3.63, 3.8) is 0 Å². The smallest absolute Gasteiger partial charge is 0.221 e. The minimum Gasteiger partial charge on any atom is -0.353 e. The summed E-state index contributed by atoms with van der Waals surface area (Å²) in [5.41, 5.74) is 3.22. The van der Waals surface area contributed by atoms with Crippen molar-refractivity contribution in [3.05, 3.63) is 53.1 Å². The van der Waals surface area contributed by atoms with E-state index in [0.717, 1.165) is 48.8 Å². The number of carbonyl (C=O) groups excluding carboxylic acids is 2. The highest BCUT2D eigenvalue weighted by atomic mass is 35.5. The molecule has 164 valence electrons. The summed E-state index contributed by atoms with van der Waals surface area (Å²) in [4.78, 5) is 29.0. The normalized spacial score (nSPS) is 14.4. The Labute approximate surface area is 192 Å². The monoisotopic (exact) mass is 458 g/mol. The van der Waals surface area contributed by atoms with Crippen LogP contribution in [-0.4, -0.2) is 53.7 Å². The number of amides is 1. The zero-order valence-corrected chi connectivity index (χ0v) is 19.6. The van der Waals surface area contributed by atoms with Crippen LogP contribution in [0.25, 0.3) is 10.1 Å². The first-order valence-electron chi connectivity index (χ1n) is 10.2. The minimum absolute atomic E-state index is 0. The standard InChI is InChI=1S/C23H26N4O2S.ClH/c1-15-8-9-18(16(2)22(15)24-17(3)28)20(29)14-26-10-12-27(13-11-26)23-19-6-4-5-7-21(19)30-25-23;/h4-9H,10-14H2,1-3H3,(H,24,28);1H. The lowest BCUT2D eigenvalue weighted by Crippen LogP contribution is -2.48. The van der Waals surface area contributed by atoms with E-state index in [1.54, 1.807) is 0 Å². The second-order valence-electron chi connectivity index (χ2n) is 7.80. The summed E-state index contributed by atoms with van der Waals surface area (Å²) in [7, 11) is 0. The second kappa shape index (κ2) is 9.77. The molecule has 3 aromatic rings. The third-order valence-electron chi connectivity index (χ3n) is 5.67. The Morgan fingerprint density at radius 3 is 2.48 bits per heavy atom. The third kappa shape index (κ3) is 4.89. The Hall–Kier alpha value is -2.48. The predicted molar refractivity (Wildman–Crippen MR) is 130 cm³/mol. The Balaban J connectivity index is 0.00000272. The SMILES string of the molecule is CC(=O)Nc1c(C)ccc(C(=O)CN2CCN(c3nsc4ccccc34)CC2)c1C.Cl. The summed E-state index contributed by atoms with van der Waals surface area (Å²) in [5, 5.41) is 4.06. The number of nitrogens with zero attached hydrogens (tertiary/aromatic N) is 3. The topological polar surface area (TPSA) is 65.5 Å². The number of nitrogens with one attached hydrogen (secondary N) is 1. The van der Waals surface area contributed by atoms with E-state index in [-0.39, 0.29) is 24.1 Å². The molecule has 1 amide bonds. The second-order valence-corrected chi connectivity index (χ2v) is 8.60. The van der Waals surface area contributed by atoms with Crippen molar-refractivity contribution < 1.29 is 9.59 Å². The van der Waals surface area contributed by atoms with Crippen molar-refractivity contribution in [1.82, 2.24) is 9.27 Å². The Morgan fingerprint density at radius 1 is 1.06 bits per heavy atom. The first-order chi connectivity index (χ1) is 14.4. The zero-order valence-electron chi connectivity index (χ0n) is 18.0. The Kier molecular flexibility index (Phi) is 7.30. The van der Waals surface area contributed by atoms with E-state index in [0.29, 0.717) is 12.1 Å². The first kappa shape index (κ1) is 23.2. The molecule has 1 aliphatic rings. The van der Waals surface area contributed by atoms with Gasteiger partial charge in [0.2, 0.25) is 5.91 Å². The third-order valence-corrected chi connectivity index (χ3v) is 6.49. The number of piperazine rings is 1. The molecule has 31 heavy (non-hydrogen) atoms. The molecule has 0 atom stereocenters. The molecule has 1 aliphatic heterocycles. The molecule has 2 aromatic carbocycles. The Bertz CT molecular complexity index is 1110. The number of aromatic nitrogens is 1. The van der Waals surface area contributed by atoms with Crippen LogP contribution in [0.2, 0.25) is 0 Å². The van der Waals surface area contributed by atoms with Crippen LogP contribution in [0, 0.1) is 13.8 Å². The molecule has 0 unspecified atom stereocenters. The van der Waals surface area contributed by atoms with Crippen molar-refractivity contribution in [2.75, 3.05) is 42.9 Å². The molecule has 1 aromatic heterocycles. The highest BCUT2D eigenvalue weighted by Gasteiger charge is 2.23. The molecule has 0 radical (unpaired) electrons. The maximum Gasteiger partial charge on any atom is 0.221 e. The highest BCUT2D eigenvalue weighted by molar-refractivity contribution is 7.13. The fraction of sp³-hybridized carbons (Fsp3) is 0.348. The van der Waals surface area contributed by atoms with E-state index in [9.17, 15) is 9.59 Å². The number of ketones is 1. The van der Waals surface area contributed by atoms with Crippen LogP contribution >= 0.6 is 23.9 Å². The fourth-order valence-electron chi connectivity index (χ4n) is 4.02. The summed E-state index contributed by atoms with van der Waals surface area (Å²) in [6.45, 7) is 9.05. The van der Waals surface area contributed by atoms with Crippen molar-refractivity contribution >= 4 is 57.2 Å². The lowest BCUT2D eigenvalue weighted by Gasteiger charge is -2.34. The van der Waals surface area contributed by atoms with Gasteiger partial charge in [0.25, 0.3) is 0 Å². The number of anilines is 2. The molecular formula is C23H27ClN4O2S. The van der Waals surface area contributed by atoms with E-state index in [4.69, 9.17) is 0 Å². The van der Waals surface area contributed by atoms with Gasteiger partial charge in [0.1, 0.15) is 5.82 Å². The van der Waals surface area contributed by atoms with Crippen molar-refractivity contribution in [2.45, 2.75) is 20.8 Å². The van der Waals surface area contributed by atoms with Crippen LogP contribution in [0.3, 0.4) is 0 Å². The van der Waals surface area contributed by atoms with Crippen LogP contribution < -0.4 is 10.2 Å². The van der Waals surface area contributed by atoms with E-state index >= 15 is 0 Å². The molecule has 0 saturated carbocycles. The molecule has 0 bridgehead atoms. The summed E-state index contributed by atoms with van der Waals surface area (Å²) >= 11 is 1.54. The number of fused-ring (bicyclic) bond motifs is 1. The zero-order chi connectivity index (χ0) is 21.3. The van der Waals surface area contributed by atoms with Gasteiger partial charge in [0, 0.05) is 49.7 Å². The molecule has 8 heteroatoms. The van der Waals surface area contributed by atoms with Gasteiger partial charge >= 0.3 is 0 Å².